The van der Waals surface area contributed by atoms with Gasteiger partial charge in [-0.3, -0.25) is 19.4 Å². The molecule has 0 N–H and O–H groups in total. The number of benzene rings is 2. The summed E-state index contributed by atoms with van der Waals surface area (Å²) in [4.78, 5) is 32.7. The first-order valence-corrected chi connectivity index (χ1v) is 29.1. The Balaban J connectivity index is 3.03. The fraction of sp³-hybridized carbons (Fsp3) is 0.720. The Hall–Kier alpha value is -2.91. The number of rotatable bonds is 29. The van der Waals surface area contributed by atoms with Gasteiger partial charge in [0.1, 0.15) is 22.7 Å². The maximum Gasteiger partial charge on any atom is 0.320 e. The van der Waals surface area contributed by atoms with E-state index in [9.17, 15) is 9.59 Å². The zero-order valence-corrected chi connectivity index (χ0v) is 46.1. The average Bonchev–Trinajstić information content (AvgIpc) is 3.17. The van der Waals surface area contributed by atoms with Crippen molar-refractivity contribution in [3.8, 4) is 11.5 Å². The largest absolute Gasteiger partial charge is 0.467 e. The number of carbonyl (C=O) groups excluding carboxylic acids is 2. The molecule has 0 heterocycles. The summed E-state index contributed by atoms with van der Waals surface area (Å²) in [7, 11) is -1.65. The van der Waals surface area contributed by atoms with Crippen molar-refractivity contribution in [1.82, 2.24) is 9.80 Å². The van der Waals surface area contributed by atoms with E-state index in [-0.39, 0.29) is 63.1 Å². The molecule has 0 aromatic heterocycles. The number of para-hydroxylation sites is 2. The van der Waals surface area contributed by atoms with Crippen molar-refractivity contribution in [3.05, 3.63) is 59.7 Å². The second-order valence-corrected chi connectivity index (χ2v) is 31.4. The Morgan fingerprint density at radius 3 is 1.17 bits per heavy atom. The van der Waals surface area contributed by atoms with Crippen LogP contribution >= 0.6 is 0 Å². The zero-order chi connectivity index (χ0) is 50.0. The first-order chi connectivity index (χ1) is 30.5. The van der Waals surface area contributed by atoms with Gasteiger partial charge in [0.05, 0.1) is 64.8 Å². The van der Waals surface area contributed by atoms with Crippen LogP contribution in [0.2, 0.25) is 36.3 Å². The fourth-order valence-corrected chi connectivity index (χ4v) is 8.24. The van der Waals surface area contributed by atoms with E-state index in [4.69, 9.17) is 46.7 Å². The molecule has 2 aromatic rings. The van der Waals surface area contributed by atoms with Crippen LogP contribution in [0.5, 0.6) is 11.5 Å². The third-order valence-corrected chi connectivity index (χ3v) is 20.9. The van der Waals surface area contributed by atoms with Crippen LogP contribution in [0, 0.1) is 0 Å². The van der Waals surface area contributed by atoms with Crippen LogP contribution in [0.15, 0.2) is 48.5 Å². The lowest BCUT2D eigenvalue weighted by atomic mass is 10.0. The van der Waals surface area contributed by atoms with E-state index >= 15 is 0 Å². The fourth-order valence-electron chi connectivity index (χ4n) is 6.20. The molecule has 0 spiro atoms. The Labute approximate surface area is 400 Å². The number of ether oxygens (including phenoxy) is 8. The molecule has 0 bridgehead atoms. The maximum absolute atomic E-state index is 14.3. The van der Waals surface area contributed by atoms with Gasteiger partial charge in [0.2, 0.25) is 0 Å². The van der Waals surface area contributed by atoms with Gasteiger partial charge in [0, 0.05) is 38.4 Å². The van der Waals surface area contributed by atoms with Crippen LogP contribution in [0.25, 0.3) is 0 Å². The number of nitrogens with zero attached hydrogens (tertiary/aromatic N) is 2. The Kier molecular flexibility index (Phi) is 24.0. The normalized spacial score (nSPS) is 14.1. The van der Waals surface area contributed by atoms with Gasteiger partial charge in [0.15, 0.2) is 30.2 Å². The summed E-state index contributed by atoms with van der Waals surface area (Å²) in [5, 5.41) is -0.274. The topological polar surface area (TPSA) is 133 Å². The van der Waals surface area contributed by atoms with E-state index in [2.05, 4.69) is 77.5 Å². The minimum atomic E-state index is -2.44. The number of methoxy groups -OCH3 is 2. The number of esters is 2. The van der Waals surface area contributed by atoms with Crippen molar-refractivity contribution < 1.29 is 56.3 Å². The number of hydrogen-bond acceptors (Lipinski definition) is 14. The minimum Gasteiger partial charge on any atom is -0.467 e. The van der Waals surface area contributed by atoms with Gasteiger partial charge in [-0.1, -0.05) is 77.9 Å². The van der Waals surface area contributed by atoms with Crippen molar-refractivity contribution in [1.29, 1.82) is 0 Å². The predicted octanol–water partition coefficient (Wildman–Crippen LogP) is 9.45. The van der Waals surface area contributed by atoms with Crippen LogP contribution in [0.1, 0.15) is 94.2 Å². The van der Waals surface area contributed by atoms with E-state index in [0.29, 0.717) is 37.9 Å². The van der Waals surface area contributed by atoms with Crippen LogP contribution in [0.4, 0.5) is 0 Å². The first-order valence-electron chi connectivity index (χ1n) is 23.2. The first kappa shape index (κ1) is 59.2. The van der Waals surface area contributed by atoms with Crippen LogP contribution in [-0.4, -0.2) is 142 Å². The molecule has 0 amide bonds. The van der Waals surface area contributed by atoms with E-state index in [1.165, 1.54) is 0 Å². The van der Waals surface area contributed by atoms with Gasteiger partial charge in [-0.25, -0.2) is 0 Å². The molecule has 2 aromatic carbocycles. The summed E-state index contributed by atoms with van der Waals surface area (Å²) in [6, 6.07) is 14.4. The summed E-state index contributed by atoms with van der Waals surface area (Å²) < 4.78 is 60.7. The number of hydrogen-bond donors (Lipinski definition) is 0. The quantitative estimate of drug-likeness (QED) is 0.0332. The summed E-state index contributed by atoms with van der Waals surface area (Å²) in [6.07, 6.45) is 0. The molecule has 0 radical (unpaired) electrons. The molecule has 0 unspecified atom stereocenters. The molecular weight excluding hydrogens is 877 g/mol. The highest BCUT2D eigenvalue weighted by Gasteiger charge is 2.44. The lowest BCUT2D eigenvalue weighted by molar-refractivity contribution is -0.161. The molecule has 16 heteroatoms. The second-order valence-electron chi connectivity index (χ2n) is 21.8. The number of carbonyl (C=O) groups is 2. The second kappa shape index (κ2) is 26.7. The highest BCUT2D eigenvalue weighted by Crippen LogP contribution is 2.39. The zero-order valence-electron chi connectivity index (χ0n) is 44.1. The SMILES string of the molecule is COCCOCOc1ccccc1CN(CC(=O)OC(C)(C)C)[C@@H](CO[Si](C)(C)C(C)(C)C)[C@H](CO[Si](C)(C)C(C)(C)C)N(CC(=O)OC(C)(C)C)Cc1ccccc1OCOCCOC. The Morgan fingerprint density at radius 1 is 0.530 bits per heavy atom. The maximum atomic E-state index is 14.3. The van der Waals surface area contributed by atoms with Crippen molar-refractivity contribution in [2.24, 2.45) is 0 Å². The Morgan fingerprint density at radius 2 is 0.864 bits per heavy atom. The summed E-state index contributed by atoms with van der Waals surface area (Å²) in [6.45, 7) is 35.6. The van der Waals surface area contributed by atoms with E-state index in [0.717, 1.165) is 11.1 Å². The third-order valence-electron chi connectivity index (χ3n) is 11.9. The van der Waals surface area contributed by atoms with Crippen LogP contribution in [-0.2, 0) is 60.0 Å². The highest BCUT2D eigenvalue weighted by molar-refractivity contribution is 6.74. The summed E-state index contributed by atoms with van der Waals surface area (Å²) in [5.74, 6) is 0.394. The summed E-state index contributed by atoms with van der Waals surface area (Å²) in [5.41, 5.74) is 0.148. The van der Waals surface area contributed by atoms with Gasteiger partial charge in [-0.2, -0.15) is 0 Å². The average molecular weight is 965 g/mol. The lowest BCUT2D eigenvalue weighted by Crippen LogP contribution is -2.60. The van der Waals surface area contributed by atoms with Crippen LogP contribution < -0.4 is 9.47 Å². The van der Waals surface area contributed by atoms with Crippen molar-refractivity contribution in [3.63, 3.8) is 0 Å². The van der Waals surface area contributed by atoms with Crippen LogP contribution in [0.3, 0.4) is 0 Å². The monoisotopic (exact) mass is 965 g/mol. The highest BCUT2D eigenvalue weighted by atomic mass is 28.4. The van der Waals surface area contributed by atoms with Crippen molar-refractivity contribution >= 4 is 28.6 Å². The van der Waals surface area contributed by atoms with Crippen molar-refractivity contribution in [2.45, 2.75) is 156 Å². The molecule has 2 atom stereocenters. The standard InChI is InChI=1S/C50H88N2O12Si2/c1-47(2,3)63-45(53)33-51(31-39-23-19-21-25-43(39)59-37-57-29-27-55-13)41(35-61-65(15,16)49(7,8)9)42(36-62-66(17,18)50(10,11)12)52(34-46(54)64-48(4,5)6)32-40-24-20-22-26-44(40)60-38-58-30-28-56-14/h19-26,41-42H,27-38H2,1-18H3/t41-,42-/m0/s1. The van der Waals surface area contributed by atoms with Gasteiger partial charge in [0.25, 0.3) is 0 Å². The van der Waals surface area contributed by atoms with Gasteiger partial charge >= 0.3 is 11.9 Å². The molecule has 378 valence electrons. The molecular formula is C50H88N2O12Si2. The Bertz CT molecular complexity index is 1610. The predicted molar refractivity (Wildman–Crippen MR) is 266 cm³/mol. The smallest absolute Gasteiger partial charge is 0.320 e. The molecule has 2 rings (SSSR count). The third kappa shape index (κ3) is 21.6. The molecule has 0 fully saturated rings. The van der Waals surface area contributed by atoms with E-state index < -0.39 is 51.9 Å². The molecule has 0 aliphatic carbocycles. The van der Waals surface area contributed by atoms with Crippen molar-refractivity contribution in [2.75, 3.05) is 80.5 Å². The van der Waals surface area contributed by atoms with Gasteiger partial charge in [-0.15, -0.1) is 0 Å². The molecule has 66 heavy (non-hydrogen) atoms. The minimum absolute atomic E-state index is 0.00982. The van der Waals surface area contributed by atoms with E-state index in [1.807, 2.05) is 90.1 Å². The molecule has 0 aliphatic heterocycles. The summed E-state index contributed by atoms with van der Waals surface area (Å²) >= 11 is 0. The molecule has 0 saturated carbocycles. The van der Waals surface area contributed by atoms with Gasteiger partial charge in [-0.05, 0) is 89.9 Å². The lowest BCUT2D eigenvalue weighted by Gasteiger charge is -2.46. The van der Waals surface area contributed by atoms with Gasteiger partial charge < -0.3 is 46.7 Å². The molecule has 0 aliphatic rings. The molecule has 0 saturated heterocycles. The molecule has 14 nitrogen and oxygen atoms in total. The van der Waals surface area contributed by atoms with E-state index in [1.54, 1.807) is 14.2 Å².